The number of rotatable bonds is 2. The summed E-state index contributed by atoms with van der Waals surface area (Å²) in [6, 6.07) is 14.4. The van der Waals surface area contributed by atoms with Crippen molar-refractivity contribution in [1.82, 2.24) is 0 Å². The van der Waals surface area contributed by atoms with Crippen molar-refractivity contribution in [1.29, 1.82) is 0 Å². The maximum absolute atomic E-state index is 14.1. The van der Waals surface area contributed by atoms with Crippen LogP contribution in [0.1, 0.15) is 35.6 Å². The minimum atomic E-state index is -4.71. The summed E-state index contributed by atoms with van der Waals surface area (Å²) in [6.07, 6.45) is -2.61. The Labute approximate surface area is 149 Å². The molecular weight excluding hydrogens is 340 g/mol. The van der Waals surface area contributed by atoms with E-state index in [0.717, 1.165) is 24.5 Å². The molecule has 0 nitrogen and oxygen atoms in total. The molecule has 3 rings (SSSR count). The molecule has 0 saturated carbocycles. The molecule has 0 spiro atoms. The van der Waals surface area contributed by atoms with Gasteiger partial charge < -0.3 is 0 Å². The van der Waals surface area contributed by atoms with E-state index < -0.39 is 17.6 Å². The fourth-order valence-electron chi connectivity index (χ4n) is 2.78. The van der Waals surface area contributed by atoms with Crippen LogP contribution in [0.4, 0.5) is 17.6 Å². The summed E-state index contributed by atoms with van der Waals surface area (Å²) in [6.45, 7) is 2.12. The Morgan fingerprint density at radius 1 is 0.846 bits per heavy atom. The Bertz CT molecular complexity index is 987. The molecule has 0 aliphatic rings. The normalized spacial score (nSPS) is 11.3. The quantitative estimate of drug-likeness (QED) is 0.371. The van der Waals surface area contributed by atoms with E-state index in [9.17, 15) is 17.6 Å². The Morgan fingerprint density at radius 2 is 1.50 bits per heavy atom. The van der Waals surface area contributed by atoms with Gasteiger partial charge in [0.05, 0.1) is 5.56 Å². The smallest absolute Gasteiger partial charge is 0.206 e. The van der Waals surface area contributed by atoms with Crippen LogP contribution in [0.25, 0.3) is 10.8 Å². The SMILES string of the molecule is CCCc1ccc(C#Cc2ccc3c(F)c(C(F)(F)F)ccc3c2)cc1. The summed E-state index contributed by atoms with van der Waals surface area (Å²) in [7, 11) is 0. The van der Waals surface area contributed by atoms with Gasteiger partial charge >= 0.3 is 6.18 Å². The van der Waals surface area contributed by atoms with E-state index in [1.165, 1.54) is 23.8 Å². The average molecular weight is 356 g/mol. The third-order valence-electron chi connectivity index (χ3n) is 4.10. The van der Waals surface area contributed by atoms with Gasteiger partial charge in [0, 0.05) is 16.5 Å². The van der Waals surface area contributed by atoms with Crippen molar-refractivity contribution in [2.75, 3.05) is 0 Å². The standard InChI is InChI=1S/C22H16F4/c1-2-3-15-4-6-16(7-5-15)8-9-17-10-12-19-18(14-17)11-13-20(21(19)23)22(24,25)26/h4-7,10-14H,2-3H2,1H3. The molecule has 26 heavy (non-hydrogen) atoms. The monoisotopic (exact) mass is 356 g/mol. The number of aryl methyl sites for hydroxylation is 1. The van der Waals surface area contributed by atoms with Crippen molar-refractivity contribution < 1.29 is 17.6 Å². The first-order valence-corrected chi connectivity index (χ1v) is 8.29. The molecular formula is C22H16F4. The second-order valence-electron chi connectivity index (χ2n) is 6.06. The van der Waals surface area contributed by atoms with Gasteiger partial charge in [0.2, 0.25) is 0 Å². The maximum atomic E-state index is 14.1. The molecule has 0 fully saturated rings. The lowest BCUT2D eigenvalue weighted by atomic mass is 10.0. The third-order valence-corrected chi connectivity index (χ3v) is 4.10. The highest BCUT2D eigenvalue weighted by molar-refractivity contribution is 5.85. The molecule has 0 bridgehead atoms. The first-order chi connectivity index (χ1) is 12.4. The van der Waals surface area contributed by atoms with Crippen LogP contribution in [0.5, 0.6) is 0 Å². The van der Waals surface area contributed by atoms with Gasteiger partial charge in [-0.1, -0.05) is 49.5 Å². The summed E-state index contributed by atoms with van der Waals surface area (Å²) < 4.78 is 52.4. The van der Waals surface area contributed by atoms with Gasteiger partial charge in [-0.3, -0.25) is 0 Å². The number of hydrogen-bond donors (Lipinski definition) is 0. The minimum absolute atomic E-state index is 0.0608. The fourth-order valence-corrected chi connectivity index (χ4v) is 2.78. The highest BCUT2D eigenvalue weighted by atomic mass is 19.4. The van der Waals surface area contributed by atoms with Gasteiger partial charge in [-0.05, 0) is 47.7 Å². The molecule has 3 aromatic carbocycles. The summed E-state index contributed by atoms with van der Waals surface area (Å²) in [5.41, 5.74) is 1.47. The van der Waals surface area contributed by atoms with E-state index in [0.29, 0.717) is 10.9 Å². The lowest BCUT2D eigenvalue weighted by molar-refractivity contribution is -0.139. The predicted octanol–water partition coefficient (Wildman–Crippen LogP) is 6.35. The molecule has 0 aliphatic heterocycles. The molecule has 132 valence electrons. The van der Waals surface area contributed by atoms with Crippen molar-refractivity contribution in [2.24, 2.45) is 0 Å². The van der Waals surface area contributed by atoms with Gasteiger partial charge in [-0.25, -0.2) is 4.39 Å². The Balaban J connectivity index is 1.91. The van der Waals surface area contributed by atoms with Crippen molar-refractivity contribution >= 4 is 10.8 Å². The van der Waals surface area contributed by atoms with Gasteiger partial charge in [0.25, 0.3) is 0 Å². The molecule has 0 aliphatic carbocycles. The third kappa shape index (κ3) is 3.88. The van der Waals surface area contributed by atoms with E-state index >= 15 is 0 Å². The summed E-state index contributed by atoms with van der Waals surface area (Å²) >= 11 is 0. The van der Waals surface area contributed by atoms with Crippen molar-refractivity contribution in [3.8, 4) is 11.8 Å². The molecule has 4 heteroatoms. The van der Waals surface area contributed by atoms with Crippen LogP contribution in [0, 0.1) is 17.7 Å². The van der Waals surface area contributed by atoms with Crippen molar-refractivity contribution in [3.63, 3.8) is 0 Å². The number of halogens is 4. The summed E-state index contributed by atoms with van der Waals surface area (Å²) in [5, 5.41) is 0.329. The Kier molecular flexibility index (Phi) is 4.99. The van der Waals surface area contributed by atoms with Crippen LogP contribution in [-0.2, 0) is 12.6 Å². The van der Waals surface area contributed by atoms with Gasteiger partial charge in [0.1, 0.15) is 5.82 Å². The lowest BCUT2D eigenvalue weighted by Crippen LogP contribution is -2.08. The van der Waals surface area contributed by atoms with Crippen LogP contribution in [0.3, 0.4) is 0 Å². The van der Waals surface area contributed by atoms with E-state index in [-0.39, 0.29) is 5.39 Å². The topological polar surface area (TPSA) is 0 Å². The lowest BCUT2D eigenvalue weighted by Gasteiger charge is -2.10. The largest absolute Gasteiger partial charge is 0.419 e. The highest BCUT2D eigenvalue weighted by Gasteiger charge is 2.34. The van der Waals surface area contributed by atoms with Gasteiger partial charge in [-0.2, -0.15) is 13.2 Å². The molecule has 0 heterocycles. The fraction of sp³-hybridized carbons (Fsp3) is 0.182. The zero-order chi connectivity index (χ0) is 18.7. The van der Waals surface area contributed by atoms with E-state index in [4.69, 9.17) is 0 Å². The van der Waals surface area contributed by atoms with Crippen LogP contribution in [0.2, 0.25) is 0 Å². The molecule has 0 amide bonds. The van der Waals surface area contributed by atoms with E-state index in [1.54, 1.807) is 6.07 Å². The molecule has 0 atom stereocenters. The zero-order valence-corrected chi connectivity index (χ0v) is 14.1. The second kappa shape index (κ2) is 7.21. The van der Waals surface area contributed by atoms with Gasteiger partial charge in [-0.15, -0.1) is 0 Å². The van der Waals surface area contributed by atoms with Crippen LogP contribution >= 0.6 is 0 Å². The Hall–Kier alpha value is -2.80. The molecule has 0 N–H and O–H groups in total. The molecule has 0 saturated heterocycles. The highest BCUT2D eigenvalue weighted by Crippen LogP contribution is 2.34. The Morgan fingerprint density at radius 3 is 2.15 bits per heavy atom. The minimum Gasteiger partial charge on any atom is -0.206 e. The van der Waals surface area contributed by atoms with Crippen molar-refractivity contribution in [2.45, 2.75) is 25.9 Å². The van der Waals surface area contributed by atoms with Crippen LogP contribution in [0.15, 0.2) is 54.6 Å². The molecule has 0 unspecified atom stereocenters. The zero-order valence-electron chi connectivity index (χ0n) is 14.1. The number of hydrogen-bond acceptors (Lipinski definition) is 0. The molecule has 3 aromatic rings. The molecule has 0 aromatic heterocycles. The summed E-state index contributed by atoms with van der Waals surface area (Å²) in [4.78, 5) is 0. The van der Waals surface area contributed by atoms with Crippen LogP contribution < -0.4 is 0 Å². The predicted molar refractivity (Wildman–Crippen MR) is 95.3 cm³/mol. The maximum Gasteiger partial charge on any atom is 0.419 e. The molecule has 0 radical (unpaired) electrons. The van der Waals surface area contributed by atoms with Crippen molar-refractivity contribution in [3.05, 3.63) is 82.7 Å². The second-order valence-corrected chi connectivity index (χ2v) is 6.06. The average Bonchev–Trinajstić information content (AvgIpc) is 2.60. The van der Waals surface area contributed by atoms with E-state index in [2.05, 4.69) is 18.8 Å². The number of alkyl halides is 3. The first kappa shape index (κ1) is 18.0. The summed E-state index contributed by atoms with van der Waals surface area (Å²) in [5.74, 6) is 4.75. The number of fused-ring (bicyclic) bond motifs is 1. The van der Waals surface area contributed by atoms with Crippen LogP contribution in [-0.4, -0.2) is 0 Å². The first-order valence-electron chi connectivity index (χ1n) is 8.29. The number of benzene rings is 3. The van der Waals surface area contributed by atoms with E-state index in [1.807, 2.05) is 24.3 Å². The van der Waals surface area contributed by atoms with Gasteiger partial charge in [0.15, 0.2) is 0 Å².